The van der Waals surface area contributed by atoms with Crippen molar-refractivity contribution in [2.75, 3.05) is 6.54 Å². The Labute approximate surface area is 87.0 Å². The number of benzene rings is 1. The lowest BCUT2D eigenvalue weighted by Gasteiger charge is -2.27. The van der Waals surface area contributed by atoms with Crippen LogP contribution in [0.5, 0.6) is 0 Å². The van der Waals surface area contributed by atoms with Crippen LogP contribution in [0, 0.1) is 0 Å². The summed E-state index contributed by atoms with van der Waals surface area (Å²) < 4.78 is 0. The van der Waals surface area contributed by atoms with Crippen molar-refractivity contribution in [3.8, 4) is 0 Å². The smallest absolute Gasteiger partial charge is 0.327 e. The van der Waals surface area contributed by atoms with E-state index in [1.54, 1.807) is 0 Å². The monoisotopic (exact) mass is 205 g/mol. The molecular weight excluding hydrogens is 194 g/mol. The summed E-state index contributed by atoms with van der Waals surface area (Å²) in [5.74, 6) is -0.203. The van der Waals surface area contributed by atoms with E-state index in [4.69, 9.17) is 0 Å². The van der Waals surface area contributed by atoms with E-state index in [1.165, 1.54) is 5.01 Å². The number of amides is 3. The predicted octanol–water partition coefficient (Wildman–Crippen LogP) is 0.243. The Balaban J connectivity index is 2.05. The molecule has 15 heavy (non-hydrogen) atoms. The summed E-state index contributed by atoms with van der Waals surface area (Å²) in [5, 5.41) is 3.74. The molecule has 1 aliphatic rings. The summed E-state index contributed by atoms with van der Waals surface area (Å²) in [5.41, 5.74) is 3.46. The van der Waals surface area contributed by atoms with Gasteiger partial charge in [-0.15, -0.1) is 0 Å². The third kappa shape index (κ3) is 2.25. The fourth-order valence-corrected chi connectivity index (χ4v) is 1.37. The van der Waals surface area contributed by atoms with Gasteiger partial charge < -0.3 is 5.32 Å². The van der Waals surface area contributed by atoms with Gasteiger partial charge >= 0.3 is 6.03 Å². The Kier molecular flexibility index (Phi) is 2.53. The zero-order valence-electron chi connectivity index (χ0n) is 8.06. The number of hydrogen-bond donors (Lipinski definition) is 2. The van der Waals surface area contributed by atoms with Crippen LogP contribution < -0.4 is 10.7 Å². The molecule has 1 aliphatic heterocycles. The highest BCUT2D eigenvalue weighted by Gasteiger charge is 2.21. The molecule has 1 aromatic rings. The SMILES string of the molecule is O=C1CNC(=O)N(Cc2ccccc2)N1. The third-order valence-corrected chi connectivity index (χ3v) is 2.09. The molecule has 2 rings (SSSR count). The molecule has 1 fully saturated rings. The lowest BCUT2D eigenvalue weighted by atomic mass is 10.2. The minimum atomic E-state index is -0.279. The predicted molar refractivity (Wildman–Crippen MR) is 53.5 cm³/mol. The second-order valence-corrected chi connectivity index (χ2v) is 3.27. The van der Waals surface area contributed by atoms with Gasteiger partial charge in [0, 0.05) is 0 Å². The van der Waals surface area contributed by atoms with Gasteiger partial charge in [0.15, 0.2) is 0 Å². The summed E-state index contributed by atoms with van der Waals surface area (Å²) >= 11 is 0. The molecule has 5 nitrogen and oxygen atoms in total. The Hall–Kier alpha value is -2.04. The molecule has 0 aliphatic carbocycles. The van der Waals surface area contributed by atoms with E-state index in [0.29, 0.717) is 6.54 Å². The molecule has 0 radical (unpaired) electrons. The summed E-state index contributed by atoms with van der Waals surface area (Å²) in [6, 6.07) is 9.19. The standard InChI is InChI=1S/C10H11N3O2/c14-9-6-11-10(15)13(12-9)7-8-4-2-1-3-5-8/h1-5H,6-7H2,(H,11,15)(H,12,14). The van der Waals surface area contributed by atoms with Gasteiger partial charge in [0.1, 0.15) is 6.54 Å². The number of carbonyl (C=O) groups is 2. The van der Waals surface area contributed by atoms with Crippen LogP contribution in [-0.2, 0) is 11.3 Å². The minimum Gasteiger partial charge on any atom is -0.327 e. The molecular formula is C10H11N3O2. The molecule has 0 unspecified atom stereocenters. The Morgan fingerprint density at radius 3 is 2.67 bits per heavy atom. The van der Waals surface area contributed by atoms with Crippen molar-refractivity contribution < 1.29 is 9.59 Å². The van der Waals surface area contributed by atoms with Crippen molar-refractivity contribution >= 4 is 11.9 Å². The van der Waals surface area contributed by atoms with E-state index in [-0.39, 0.29) is 18.5 Å². The summed E-state index contributed by atoms with van der Waals surface area (Å²) in [6.07, 6.45) is 0. The van der Waals surface area contributed by atoms with E-state index >= 15 is 0 Å². The molecule has 3 amide bonds. The van der Waals surface area contributed by atoms with Gasteiger partial charge in [-0.05, 0) is 5.56 Å². The molecule has 78 valence electrons. The maximum Gasteiger partial charge on any atom is 0.336 e. The Morgan fingerprint density at radius 1 is 1.20 bits per heavy atom. The number of urea groups is 1. The quantitative estimate of drug-likeness (QED) is 0.726. The van der Waals surface area contributed by atoms with Crippen LogP contribution in [0.25, 0.3) is 0 Å². The topological polar surface area (TPSA) is 61.4 Å². The van der Waals surface area contributed by atoms with Crippen LogP contribution in [0.3, 0.4) is 0 Å². The first-order valence-electron chi connectivity index (χ1n) is 4.64. The molecule has 1 aromatic carbocycles. The van der Waals surface area contributed by atoms with E-state index in [0.717, 1.165) is 5.56 Å². The van der Waals surface area contributed by atoms with Crippen LogP contribution >= 0.6 is 0 Å². The van der Waals surface area contributed by atoms with Crippen molar-refractivity contribution in [3.63, 3.8) is 0 Å². The van der Waals surface area contributed by atoms with Crippen molar-refractivity contribution in [1.82, 2.24) is 15.8 Å². The second-order valence-electron chi connectivity index (χ2n) is 3.27. The van der Waals surface area contributed by atoms with Gasteiger partial charge in [-0.1, -0.05) is 30.3 Å². The maximum absolute atomic E-state index is 11.3. The first kappa shape index (κ1) is 9.51. The number of rotatable bonds is 2. The Morgan fingerprint density at radius 2 is 1.93 bits per heavy atom. The average Bonchev–Trinajstić information content (AvgIpc) is 2.25. The number of nitrogens with zero attached hydrogens (tertiary/aromatic N) is 1. The number of hydrogen-bond acceptors (Lipinski definition) is 2. The van der Waals surface area contributed by atoms with Crippen LogP contribution in [0.15, 0.2) is 30.3 Å². The van der Waals surface area contributed by atoms with Crippen molar-refractivity contribution in [2.45, 2.75) is 6.54 Å². The summed E-state index contributed by atoms with van der Waals surface area (Å²) in [6.45, 7) is 0.419. The summed E-state index contributed by atoms with van der Waals surface area (Å²) in [4.78, 5) is 22.4. The van der Waals surface area contributed by atoms with E-state index in [9.17, 15) is 9.59 Å². The zero-order valence-corrected chi connectivity index (χ0v) is 8.06. The first-order chi connectivity index (χ1) is 7.25. The third-order valence-electron chi connectivity index (χ3n) is 2.09. The molecule has 0 bridgehead atoms. The van der Waals surface area contributed by atoms with Crippen molar-refractivity contribution in [2.24, 2.45) is 0 Å². The number of hydrazine groups is 1. The number of nitrogens with one attached hydrogen (secondary N) is 2. The van der Waals surface area contributed by atoms with Crippen LogP contribution in [0.1, 0.15) is 5.56 Å². The fraction of sp³-hybridized carbons (Fsp3) is 0.200. The highest BCUT2D eigenvalue weighted by atomic mass is 16.2. The van der Waals surface area contributed by atoms with E-state index < -0.39 is 0 Å². The van der Waals surface area contributed by atoms with Gasteiger partial charge in [0.25, 0.3) is 5.91 Å². The molecule has 0 atom stereocenters. The maximum atomic E-state index is 11.3. The van der Waals surface area contributed by atoms with Crippen LogP contribution in [-0.4, -0.2) is 23.5 Å². The number of carbonyl (C=O) groups excluding carboxylic acids is 2. The highest BCUT2D eigenvalue weighted by molar-refractivity contribution is 5.89. The fourth-order valence-electron chi connectivity index (χ4n) is 1.37. The lowest BCUT2D eigenvalue weighted by molar-refractivity contribution is -0.125. The molecule has 1 saturated heterocycles. The highest BCUT2D eigenvalue weighted by Crippen LogP contribution is 2.03. The van der Waals surface area contributed by atoms with Gasteiger partial charge in [0.05, 0.1) is 6.54 Å². The van der Waals surface area contributed by atoms with E-state index in [1.807, 2.05) is 30.3 Å². The molecule has 1 heterocycles. The van der Waals surface area contributed by atoms with Crippen LogP contribution in [0.4, 0.5) is 4.79 Å². The van der Waals surface area contributed by atoms with Gasteiger partial charge in [-0.2, -0.15) is 0 Å². The molecule has 0 spiro atoms. The lowest BCUT2D eigenvalue weighted by Crippen LogP contribution is -2.58. The zero-order chi connectivity index (χ0) is 10.7. The van der Waals surface area contributed by atoms with Gasteiger partial charge in [-0.3, -0.25) is 10.2 Å². The van der Waals surface area contributed by atoms with Crippen molar-refractivity contribution in [3.05, 3.63) is 35.9 Å². The molecule has 0 saturated carbocycles. The Bertz CT molecular complexity index is 378. The second kappa shape index (κ2) is 4.00. The van der Waals surface area contributed by atoms with Gasteiger partial charge in [0.2, 0.25) is 0 Å². The van der Waals surface area contributed by atoms with E-state index in [2.05, 4.69) is 10.7 Å². The normalized spacial score (nSPS) is 15.9. The molecule has 2 N–H and O–H groups in total. The summed E-state index contributed by atoms with van der Waals surface area (Å²) in [7, 11) is 0. The first-order valence-corrected chi connectivity index (χ1v) is 4.64. The largest absolute Gasteiger partial charge is 0.336 e. The van der Waals surface area contributed by atoms with Gasteiger partial charge in [-0.25, -0.2) is 9.80 Å². The minimum absolute atomic E-state index is 0.0458. The van der Waals surface area contributed by atoms with Crippen LogP contribution in [0.2, 0.25) is 0 Å². The van der Waals surface area contributed by atoms with Crippen molar-refractivity contribution in [1.29, 1.82) is 0 Å². The molecule has 0 aromatic heterocycles. The molecule has 5 heteroatoms. The average molecular weight is 205 g/mol.